The van der Waals surface area contributed by atoms with Gasteiger partial charge in [0.05, 0.1) is 28.8 Å². The molecule has 6 rings (SSSR count). The van der Waals surface area contributed by atoms with Crippen LogP contribution in [-0.4, -0.2) is 49.8 Å². The highest BCUT2D eigenvalue weighted by molar-refractivity contribution is 7.92. The molecular formula is C34H29F2N3O5S. The summed E-state index contributed by atoms with van der Waals surface area (Å²) in [5.74, 6) is -1.02. The number of nitrogens with zero attached hydrogens (tertiary/aromatic N) is 3. The summed E-state index contributed by atoms with van der Waals surface area (Å²) in [6.07, 6.45) is 3.34. The number of fused-ring (bicyclic) bond motifs is 2. The highest BCUT2D eigenvalue weighted by atomic mass is 32.2. The molecule has 230 valence electrons. The number of benzene rings is 3. The van der Waals surface area contributed by atoms with Gasteiger partial charge in [0.15, 0.2) is 5.78 Å². The molecule has 0 N–H and O–H groups in total. The van der Waals surface area contributed by atoms with Gasteiger partial charge in [-0.25, -0.2) is 17.2 Å². The summed E-state index contributed by atoms with van der Waals surface area (Å²) < 4.78 is 59.9. The molecule has 1 aliphatic rings. The van der Waals surface area contributed by atoms with E-state index < -0.39 is 15.8 Å². The fourth-order valence-corrected chi connectivity index (χ4v) is 6.07. The van der Waals surface area contributed by atoms with E-state index in [1.807, 2.05) is 0 Å². The number of aromatic nitrogens is 1. The van der Waals surface area contributed by atoms with E-state index in [0.717, 1.165) is 16.1 Å². The first-order valence-corrected chi connectivity index (χ1v) is 16.2. The van der Waals surface area contributed by atoms with Gasteiger partial charge in [0.2, 0.25) is 10.0 Å². The van der Waals surface area contributed by atoms with Crippen LogP contribution in [0.5, 0.6) is 0 Å². The maximum absolute atomic E-state index is 13.7. The van der Waals surface area contributed by atoms with Gasteiger partial charge in [-0.15, -0.1) is 0 Å². The number of hydrogen-bond acceptors (Lipinski definition) is 6. The minimum atomic E-state index is -3.75. The van der Waals surface area contributed by atoms with Crippen LogP contribution in [0.25, 0.3) is 33.4 Å². The summed E-state index contributed by atoms with van der Waals surface area (Å²) in [7, 11) is -2.34. The molecule has 11 heteroatoms. The Bertz CT molecular complexity index is 2070. The van der Waals surface area contributed by atoms with Gasteiger partial charge in [0.1, 0.15) is 23.0 Å². The number of amides is 1. The second kappa shape index (κ2) is 11.6. The van der Waals surface area contributed by atoms with Crippen molar-refractivity contribution in [3.8, 4) is 22.5 Å². The Morgan fingerprint density at radius 2 is 1.64 bits per heavy atom. The van der Waals surface area contributed by atoms with E-state index in [1.54, 1.807) is 48.4 Å². The molecule has 2 aromatic heterocycles. The van der Waals surface area contributed by atoms with Gasteiger partial charge in [0.25, 0.3) is 5.91 Å². The molecule has 0 unspecified atom stereocenters. The highest BCUT2D eigenvalue weighted by Crippen LogP contribution is 2.42. The molecule has 0 saturated heterocycles. The van der Waals surface area contributed by atoms with Gasteiger partial charge in [-0.05, 0) is 54.1 Å². The number of carbonyl (C=O) groups excluding carboxylic acids is 2. The van der Waals surface area contributed by atoms with E-state index >= 15 is 0 Å². The van der Waals surface area contributed by atoms with E-state index in [0.29, 0.717) is 58.4 Å². The van der Waals surface area contributed by atoms with Gasteiger partial charge < -0.3 is 9.32 Å². The monoisotopic (exact) mass is 629 g/mol. The molecule has 3 heterocycles. The topological polar surface area (TPSA) is 101 Å². The molecule has 8 nitrogen and oxygen atoms in total. The smallest absolute Gasteiger partial charge is 0.256 e. The lowest BCUT2D eigenvalue weighted by Gasteiger charge is -2.28. The lowest BCUT2D eigenvalue weighted by molar-refractivity contribution is 0.0725. The summed E-state index contributed by atoms with van der Waals surface area (Å²) in [4.78, 5) is 33.2. The zero-order valence-electron chi connectivity index (χ0n) is 24.8. The van der Waals surface area contributed by atoms with Crippen LogP contribution in [0.1, 0.15) is 45.3 Å². The van der Waals surface area contributed by atoms with Gasteiger partial charge in [0, 0.05) is 67.3 Å². The van der Waals surface area contributed by atoms with Crippen LogP contribution >= 0.6 is 0 Å². The van der Waals surface area contributed by atoms with Crippen LogP contribution < -0.4 is 4.31 Å². The molecule has 0 bridgehead atoms. The maximum atomic E-state index is 13.7. The third-order valence-corrected chi connectivity index (χ3v) is 9.25. The average molecular weight is 630 g/mol. The van der Waals surface area contributed by atoms with Crippen LogP contribution in [-0.2, 0) is 23.0 Å². The first-order valence-electron chi connectivity index (χ1n) is 14.3. The molecular weight excluding hydrogens is 600 g/mol. The van der Waals surface area contributed by atoms with Gasteiger partial charge in [-0.3, -0.25) is 18.9 Å². The summed E-state index contributed by atoms with van der Waals surface area (Å²) >= 11 is 0. The lowest BCUT2D eigenvalue weighted by atomic mass is 9.95. The first-order chi connectivity index (χ1) is 21.4. The number of rotatable bonds is 8. The fraction of sp³-hybridized carbons (Fsp3) is 0.206. The second-order valence-electron chi connectivity index (χ2n) is 11.0. The lowest BCUT2D eigenvalue weighted by Crippen LogP contribution is -2.37. The van der Waals surface area contributed by atoms with Gasteiger partial charge in [-0.1, -0.05) is 19.1 Å². The number of sulfonamides is 1. The molecule has 45 heavy (non-hydrogen) atoms. The molecule has 5 aromatic rings. The minimum Gasteiger partial charge on any atom is -0.455 e. The molecule has 3 aromatic carbocycles. The Balaban J connectivity index is 1.51. The third kappa shape index (κ3) is 5.71. The zero-order chi connectivity index (χ0) is 32.0. The standard InChI is InChI=1S/C34H29F2N3O5S/c1-4-30(40)32-27-16-25(29(38(2)45(3,42)43)17-31(27)44-33(32)21-7-11-24(36)12-8-21)22-15-26-28(37-18-22)13-14-39(34(26)41)19-20-5-9-23(35)10-6-20/h5-12,15-18H,4,13-14,19H2,1-3H3. The second-order valence-corrected chi connectivity index (χ2v) is 13.0. The molecule has 0 radical (unpaired) electrons. The van der Waals surface area contributed by atoms with Crippen molar-refractivity contribution in [2.75, 3.05) is 24.2 Å². The third-order valence-electron chi connectivity index (χ3n) is 8.05. The average Bonchev–Trinajstić information content (AvgIpc) is 3.40. The zero-order valence-corrected chi connectivity index (χ0v) is 25.6. The molecule has 1 aliphatic heterocycles. The number of ketones is 1. The van der Waals surface area contributed by atoms with Crippen LogP contribution in [0, 0.1) is 11.6 Å². The number of carbonyl (C=O) groups is 2. The minimum absolute atomic E-state index is 0.169. The number of Topliss-reactive ketones (excluding diaryl/α,β-unsaturated/α-hetero) is 1. The number of pyridine rings is 1. The van der Waals surface area contributed by atoms with E-state index in [4.69, 9.17) is 4.42 Å². The Kier molecular flexibility index (Phi) is 7.74. The van der Waals surface area contributed by atoms with Crippen molar-refractivity contribution in [2.45, 2.75) is 26.3 Å². The Morgan fingerprint density at radius 3 is 2.29 bits per heavy atom. The summed E-state index contributed by atoms with van der Waals surface area (Å²) in [5, 5.41) is 0.448. The number of furan rings is 1. The molecule has 1 amide bonds. The molecule has 0 fully saturated rings. The van der Waals surface area contributed by atoms with Crippen molar-refractivity contribution in [3.63, 3.8) is 0 Å². The quantitative estimate of drug-likeness (QED) is 0.179. The van der Waals surface area contributed by atoms with Crippen LogP contribution in [0.3, 0.4) is 0 Å². The Hall–Kier alpha value is -4.90. The van der Waals surface area contributed by atoms with Crippen molar-refractivity contribution in [1.82, 2.24) is 9.88 Å². The fourth-order valence-electron chi connectivity index (χ4n) is 5.56. The van der Waals surface area contributed by atoms with E-state index in [2.05, 4.69) is 4.98 Å². The number of anilines is 1. The van der Waals surface area contributed by atoms with Crippen LogP contribution in [0.15, 0.2) is 77.3 Å². The van der Waals surface area contributed by atoms with E-state index in [-0.39, 0.29) is 41.0 Å². The largest absolute Gasteiger partial charge is 0.455 e. The van der Waals surface area contributed by atoms with Crippen molar-refractivity contribution in [3.05, 3.63) is 107 Å². The summed E-state index contributed by atoms with van der Waals surface area (Å²) in [6, 6.07) is 16.5. The molecule has 0 aliphatic carbocycles. The predicted octanol–water partition coefficient (Wildman–Crippen LogP) is 6.63. The predicted molar refractivity (Wildman–Crippen MR) is 168 cm³/mol. The SMILES string of the molecule is CCC(=O)c1c(-c2ccc(F)cc2)oc2cc(N(C)S(C)(=O)=O)c(-c3cnc4c(c3)C(=O)N(Cc3ccc(F)cc3)CC4)cc12. The Labute approximate surface area is 259 Å². The summed E-state index contributed by atoms with van der Waals surface area (Å²) in [5.41, 5.74) is 3.97. The highest BCUT2D eigenvalue weighted by Gasteiger charge is 2.29. The first kappa shape index (κ1) is 30.1. The Morgan fingerprint density at radius 1 is 0.978 bits per heavy atom. The molecule has 0 saturated carbocycles. The van der Waals surface area contributed by atoms with Crippen molar-refractivity contribution >= 4 is 38.4 Å². The normalized spacial score (nSPS) is 13.3. The maximum Gasteiger partial charge on any atom is 0.256 e. The molecule has 0 atom stereocenters. The van der Waals surface area contributed by atoms with Gasteiger partial charge >= 0.3 is 0 Å². The van der Waals surface area contributed by atoms with E-state index in [9.17, 15) is 26.8 Å². The van der Waals surface area contributed by atoms with Crippen molar-refractivity contribution < 1.29 is 31.2 Å². The van der Waals surface area contributed by atoms with Gasteiger partial charge in [-0.2, -0.15) is 0 Å². The van der Waals surface area contributed by atoms with Crippen molar-refractivity contribution in [2.24, 2.45) is 0 Å². The number of hydrogen-bond donors (Lipinski definition) is 0. The summed E-state index contributed by atoms with van der Waals surface area (Å²) in [6.45, 7) is 2.45. The van der Waals surface area contributed by atoms with Crippen LogP contribution in [0.4, 0.5) is 14.5 Å². The number of halogens is 2. The van der Waals surface area contributed by atoms with Crippen molar-refractivity contribution in [1.29, 1.82) is 0 Å². The van der Waals surface area contributed by atoms with Crippen LogP contribution in [0.2, 0.25) is 0 Å². The molecule has 0 spiro atoms. The van der Waals surface area contributed by atoms with E-state index in [1.165, 1.54) is 43.4 Å².